The molecule has 0 radical (unpaired) electrons. The molecule has 0 aromatic carbocycles. The molecule has 0 spiro atoms. The van der Waals surface area contributed by atoms with Crippen molar-refractivity contribution in [2.75, 3.05) is 0 Å². The fraction of sp³-hybridized carbons (Fsp3) is 1.00. The molecule has 0 bridgehead atoms. The van der Waals surface area contributed by atoms with Gasteiger partial charge in [-0.25, -0.2) is 0 Å². The average molecular weight is 184 g/mol. The fourth-order valence-corrected chi connectivity index (χ4v) is 1.22. The molecule has 62 valence electrons. The highest BCUT2D eigenvalue weighted by molar-refractivity contribution is 7.90. The van der Waals surface area contributed by atoms with Gasteiger partial charge in [0.05, 0.1) is 0 Å². The topological polar surface area (TPSA) is 35.1 Å². The van der Waals surface area contributed by atoms with Gasteiger partial charge in [-0.1, -0.05) is 0 Å². The van der Waals surface area contributed by atoms with Crippen molar-refractivity contribution in [1.82, 2.24) is 4.72 Å². The van der Waals surface area contributed by atoms with Crippen molar-refractivity contribution < 1.29 is 4.55 Å². The second kappa shape index (κ2) is 3.81. The van der Waals surface area contributed by atoms with Crippen LogP contribution in [-0.4, -0.2) is 14.8 Å². The van der Waals surface area contributed by atoms with E-state index in [0.29, 0.717) is 0 Å². The van der Waals surface area contributed by atoms with Gasteiger partial charge in [-0.05, 0) is 27.7 Å². The van der Waals surface area contributed by atoms with Gasteiger partial charge >= 0.3 is 0 Å². The zero-order valence-electron chi connectivity index (χ0n) is 6.77. The predicted octanol–water partition coefficient (Wildman–Crippen LogP) is 1.62. The lowest BCUT2D eigenvalue weighted by atomic mass is 10.3. The lowest BCUT2D eigenvalue weighted by Gasteiger charge is -2.24. The zero-order chi connectivity index (χ0) is 8.36. The van der Waals surface area contributed by atoms with E-state index in [9.17, 15) is 4.55 Å². The van der Waals surface area contributed by atoms with Gasteiger partial charge in [0.2, 0.25) is 0 Å². The van der Waals surface area contributed by atoms with Crippen LogP contribution in [0, 0.1) is 0 Å². The molecule has 0 fully saturated rings. The van der Waals surface area contributed by atoms with E-state index in [1.54, 1.807) is 6.92 Å². The summed E-state index contributed by atoms with van der Waals surface area (Å²) in [5.74, 6) is 0. The number of hydrogen-bond donors (Lipinski definition) is 1. The first-order valence-corrected chi connectivity index (χ1v) is 4.75. The molecule has 0 saturated heterocycles. The maximum atomic E-state index is 11.2. The first-order chi connectivity index (χ1) is 4.34. The highest BCUT2D eigenvalue weighted by atomic mass is 35.5. The highest BCUT2D eigenvalue weighted by Crippen LogP contribution is 2.13. The Labute approximate surface area is 70.6 Å². The summed E-state index contributed by atoms with van der Waals surface area (Å²) in [6.45, 7) is 7.45. The summed E-state index contributed by atoms with van der Waals surface area (Å²) >= 11 is 4.53. The Hall–Kier alpha value is 0.560. The third-order valence-corrected chi connectivity index (χ3v) is 2.74. The van der Waals surface area contributed by atoms with E-state index in [4.69, 9.17) is 11.6 Å². The van der Waals surface area contributed by atoms with Crippen molar-refractivity contribution in [3.8, 4) is 0 Å². The smallest absolute Gasteiger partial charge is 0.137 e. The minimum Gasteiger partial charge on any atom is -0.598 e. The maximum Gasteiger partial charge on any atom is 0.137 e. The van der Waals surface area contributed by atoms with Crippen LogP contribution in [0.4, 0.5) is 0 Å². The molecule has 0 saturated carbocycles. The molecule has 2 atom stereocenters. The number of rotatable bonds is 2. The summed E-state index contributed by atoms with van der Waals surface area (Å²) in [4.78, 5) is 0. The maximum absolute atomic E-state index is 11.2. The van der Waals surface area contributed by atoms with Gasteiger partial charge in [0.1, 0.15) is 10.2 Å². The van der Waals surface area contributed by atoms with Crippen molar-refractivity contribution in [2.45, 2.75) is 37.9 Å². The van der Waals surface area contributed by atoms with Crippen LogP contribution >= 0.6 is 11.6 Å². The largest absolute Gasteiger partial charge is 0.598 e. The molecule has 2 nitrogen and oxygen atoms in total. The molecule has 0 aliphatic heterocycles. The monoisotopic (exact) mass is 183 g/mol. The molecule has 10 heavy (non-hydrogen) atoms. The minimum atomic E-state index is -1.05. The quantitative estimate of drug-likeness (QED) is 0.401. The van der Waals surface area contributed by atoms with Gasteiger partial charge in [0, 0.05) is 11.4 Å². The van der Waals surface area contributed by atoms with Gasteiger partial charge in [0.15, 0.2) is 0 Å². The molecule has 4 heteroatoms. The predicted molar refractivity (Wildman–Crippen MR) is 46.3 cm³/mol. The third-order valence-electron chi connectivity index (χ3n) is 0.826. The minimum absolute atomic E-state index is 0.233. The summed E-state index contributed by atoms with van der Waals surface area (Å²) in [5, 5.41) is 0. The van der Waals surface area contributed by atoms with Crippen LogP contribution in [0.2, 0.25) is 0 Å². The van der Waals surface area contributed by atoms with E-state index in [-0.39, 0.29) is 10.2 Å². The number of halogens is 1. The van der Waals surface area contributed by atoms with Crippen LogP contribution < -0.4 is 4.72 Å². The average Bonchev–Trinajstić information content (AvgIpc) is 1.60. The molecular formula is C6H14ClNOS. The van der Waals surface area contributed by atoms with Crippen LogP contribution in [0.3, 0.4) is 0 Å². The Morgan fingerprint density at radius 3 is 2.00 bits per heavy atom. The molecule has 1 N–H and O–H groups in total. The zero-order valence-corrected chi connectivity index (χ0v) is 8.34. The molecule has 0 amide bonds. The second-order valence-electron chi connectivity index (χ2n) is 3.11. The first-order valence-electron chi connectivity index (χ1n) is 3.16. The SMILES string of the molecule is CC(Cl)N[S+]([O-])C(C)(C)C. The number of nitrogens with one attached hydrogen (secondary N) is 1. The Balaban J connectivity index is 3.73. The Morgan fingerprint density at radius 2 is 1.90 bits per heavy atom. The Morgan fingerprint density at radius 1 is 1.50 bits per heavy atom. The Kier molecular flexibility index (Phi) is 4.02. The fourth-order valence-electron chi connectivity index (χ4n) is 0.324. The van der Waals surface area contributed by atoms with Gasteiger partial charge < -0.3 is 4.55 Å². The summed E-state index contributed by atoms with van der Waals surface area (Å²) in [7, 11) is 0. The van der Waals surface area contributed by atoms with Gasteiger partial charge in [-0.2, -0.15) is 0 Å². The normalized spacial score (nSPS) is 18.6. The molecule has 0 aromatic heterocycles. The van der Waals surface area contributed by atoms with Crippen molar-refractivity contribution in [1.29, 1.82) is 0 Å². The van der Waals surface area contributed by atoms with E-state index in [2.05, 4.69) is 4.72 Å². The lowest BCUT2D eigenvalue weighted by molar-refractivity contribution is 0.543. The van der Waals surface area contributed by atoms with E-state index in [1.165, 1.54) is 0 Å². The summed E-state index contributed by atoms with van der Waals surface area (Å²) in [6, 6.07) is 0. The van der Waals surface area contributed by atoms with Crippen molar-refractivity contribution in [3.63, 3.8) is 0 Å². The van der Waals surface area contributed by atoms with Gasteiger partial charge in [-0.3, -0.25) is 0 Å². The van der Waals surface area contributed by atoms with Crippen molar-refractivity contribution in [3.05, 3.63) is 0 Å². The number of hydrogen-bond acceptors (Lipinski definition) is 2. The molecule has 0 aromatic rings. The Bertz CT molecular complexity index is 102. The van der Waals surface area contributed by atoms with E-state index in [0.717, 1.165) is 0 Å². The van der Waals surface area contributed by atoms with E-state index >= 15 is 0 Å². The van der Waals surface area contributed by atoms with Crippen LogP contribution in [0.5, 0.6) is 0 Å². The second-order valence-corrected chi connectivity index (χ2v) is 5.77. The molecule has 0 aliphatic rings. The van der Waals surface area contributed by atoms with Crippen molar-refractivity contribution in [2.24, 2.45) is 0 Å². The standard InChI is InChI=1S/C6H14ClNOS/c1-5(7)8-10(9)6(2,3)4/h5,8H,1-4H3. The van der Waals surface area contributed by atoms with E-state index < -0.39 is 11.4 Å². The lowest BCUT2D eigenvalue weighted by Crippen LogP contribution is -2.41. The third kappa shape index (κ3) is 4.39. The van der Waals surface area contributed by atoms with Crippen LogP contribution in [-0.2, 0) is 11.4 Å². The summed E-state index contributed by atoms with van der Waals surface area (Å²) in [6.07, 6.45) is 0. The molecule has 0 heterocycles. The van der Waals surface area contributed by atoms with Gasteiger partial charge in [-0.15, -0.1) is 16.3 Å². The molecule has 2 unspecified atom stereocenters. The summed E-state index contributed by atoms with van der Waals surface area (Å²) in [5.41, 5.74) is -0.236. The van der Waals surface area contributed by atoms with Crippen LogP contribution in [0.25, 0.3) is 0 Å². The summed E-state index contributed by atoms with van der Waals surface area (Å²) < 4.78 is 13.7. The molecular weight excluding hydrogens is 170 g/mol. The highest BCUT2D eigenvalue weighted by Gasteiger charge is 2.27. The van der Waals surface area contributed by atoms with E-state index in [1.807, 2.05) is 20.8 Å². The molecule has 0 rings (SSSR count). The van der Waals surface area contributed by atoms with Crippen molar-refractivity contribution >= 4 is 23.0 Å². The van der Waals surface area contributed by atoms with Crippen LogP contribution in [0.15, 0.2) is 0 Å². The molecule has 0 aliphatic carbocycles. The van der Waals surface area contributed by atoms with Gasteiger partial charge in [0.25, 0.3) is 0 Å². The van der Waals surface area contributed by atoms with Crippen LogP contribution in [0.1, 0.15) is 27.7 Å². The number of alkyl halides is 1. The first kappa shape index (κ1) is 10.6.